The van der Waals surface area contributed by atoms with Gasteiger partial charge >= 0.3 is 0 Å². The van der Waals surface area contributed by atoms with Gasteiger partial charge in [-0.1, -0.05) is 0 Å². The molecule has 0 atom stereocenters. The van der Waals surface area contributed by atoms with E-state index >= 15 is 0 Å². The van der Waals surface area contributed by atoms with E-state index in [9.17, 15) is 13.2 Å². The fourth-order valence-corrected chi connectivity index (χ4v) is 3.13. The van der Waals surface area contributed by atoms with Crippen molar-refractivity contribution < 1.29 is 18.3 Å². The van der Waals surface area contributed by atoms with Crippen molar-refractivity contribution in [3.8, 4) is 0 Å². The third kappa shape index (κ3) is 3.43. The molecular weight excluding hydrogens is 232 g/mol. The Morgan fingerprint density at radius 2 is 1.81 bits per heavy atom. The number of carbonyl (C=O) groups excluding carboxylic acids is 1. The van der Waals surface area contributed by atoms with Gasteiger partial charge in [-0.25, -0.2) is 8.42 Å². The first-order valence-corrected chi connectivity index (χ1v) is 6.92. The summed E-state index contributed by atoms with van der Waals surface area (Å²) in [6.07, 6.45) is 0.259. The molecule has 1 amide bonds. The van der Waals surface area contributed by atoms with E-state index in [2.05, 4.69) is 0 Å². The van der Waals surface area contributed by atoms with Gasteiger partial charge in [0.25, 0.3) is 0 Å². The molecular formula is C9H18N2O4S. The zero-order chi connectivity index (χ0) is 12.2. The highest BCUT2D eigenvalue weighted by Crippen LogP contribution is 2.09. The first-order chi connectivity index (χ1) is 7.47. The number of hydrogen-bond donors (Lipinski definition) is 1. The van der Waals surface area contributed by atoms with Crippen LogP contribution in [0.15, 0.2) is 0 Å². The van der Waals surface area contributed by atoms with E-state index in [0.29, 0.717) is 26.2 Å². The molecule has 1 heterocycles. The number of hydrogen-bond acceptors (Lipinski definition) is 4. The smallest absolute Gasteiger partial charge is 0.219 e. The number of aliphatic hydroxyl groups is 1. The maximum absolute atomic E-state index is 11.7. The molecule has 0 saturated carbocycles. The Morgan fingerprint density at radius 3 is 2.25 bits per heavy atom. The Labute approximate surface area is 95.9 Å². The van der Waals surface area contributed by atoms with Crippen molar-refractivity contribution in [1.29, 1.82) is 0 Å². The summed E-state index contributed by atoms with van der Waals surface area (Å²) in [4.78, 5) is 12.7. The molecule has 7 heteroatoms. The summed E-state index contributed by atoms with van der Waals surface area (Å²) in [5.41, 5.74) is 0. The van der Waals surface area contributed by atoms with Crippen LogP contribution in [0.3, 0.4) is 0 Å². The van der Waals surface area contributed by atoms with E-state index < -0.39 is 10.0 Å². The van der Waals surface area contributed by atoms with Gasteiger partial charge in [0.15, 0.2) is 0 Å². The Morgan fingerprint density at radius 1 is 1.25 bits per heavy atom. The quantitative estimate of drug-likeness (QED) is 0.684. The molecule has 16 heavy (non-hydrogen) atoms. The standard InChI is InChI=1S/C9H18N2O4S/c1-9(13)10-3-5-11(6-4-10)16(14,15)8-2-7-12/h12H,2-8H2,1H3. The van der Waals surface area contributed by atoms with Crippen molar-refractivity contribution in [2.45, 2.75) is 13.3 Å². The monoisotopic (exact) mass is 250 g/mol. The van der Waals surface area contributed by atoms with E-state index in [-0.39, 0.29) is 24.7 Å². The lowest BCUT2D eigenvalue weighted by molar-refractivity contribution is -0.129. The fraction of sp³-hybridized carbons (Fsp3) is 0.889. The van der Waals surface area contributed by atoms with Gasteiger partial charge in [-0.3, -0.25) is 4.79 Å². The van der Waals surface area contributed by atoms with E-state index in [0.717, 1.165) is 0 Å². The number of piperazine rings is 1. The lowest BCUT2D eigenvalue weighted by Gasteiger charge is -2.33. The molecule has 1 aliphatic rings. The van der Waals surface area contributed by atoms with Gasteiger partial charge in [-0.2, -0.15) is 4.31 Å². The average Bonchev–Trinajstić information content (AvgIpc) is 2.26. The van der Waals surface area contributed by atoms with Gasteiger partial charge in [-0.05, 0) is 6.42 Å². The summed E-state index contributed by atoms with van der Waals surface area (Å²) < 4.78 is 24.9. The van der Waals surface area contributed by atoms with Gasteiger partial charge in [-0.15, -0.1) is 0 Å². The second kappa shape index (κ2) is 5.60. The van der Waals surface area contributed by atoms with Gasteiger partial charge in [0.05, 0.1) is 5.75 Å². The predicted octanol–water partition coefficient (Wildman–Crippen LogP) is -1.14. The molecule has 1 fully saturated rings. The van der Waals surface area contributed by atoms with Crippen molar-refractivity contribution >= 4 is 15.9 Å². The largest absolute Gasteiger partial charge is 0.396 e. The molecule has 0 aromatic carbocycles. The maximum atomic E-state index is 11.7. The second-order valence-electron chi connectivity index (χ2n) is 3.80. The average molecular weight is 250 g/mol. The minimum absolute atomic E-state index is 0.0209. The van der Waals surface area contributed by atoms with Crippen molar-refractivity contribution in [2.75, 3.05) is 38.5 Å². The third-order valence-corrected chi connectivity index (χ3v) is 4.59. The van der Waals surface area contributed by atoms with Gasteiger partial charge in [0.2, 0.25) is 15.9 Å². The number of rotatable bonds is 4. The van der Waals surface area contributed by atoms with Crippen LogP contribution >= 0.6 is 0 Å². The van der Waals surface area contributed by atoms with E-state index in [1.54, 1.807) is 4.90 Å². The van der Waals surface area contributed by atoms with Gasteiger partial charge in [0, 0.05) is 39.7 Å². The number of sulfonamides is 1. The number of nitrogens with zero attached hydrogens (tertiary/aromatic N) is 2. The molecule has 0 bridgehead atoms. The van der Waals surface area contributed by atoms with Crippen molar-refractivity contribution in [3.63, 3.8) is 0 Å². The normalized spacial score (nSPS) is 18.8. The molecule has 0 aromatic rings. The zero-order valence-corrected chi connectivity index (χ0v) is 10.2. The van der Waals surface area contributed by atoms with E-state index in [4.69, 9.17) is 5.11 Å². The predicted molar refractivity (Wildman–Crippen MR) is 59.3 cm³/mol. The zero-order valence-electron chi connectivity index (χ0n) is 9.42. The Kier molecular flexibility index (Phi) is 4.69. The summed E-state index contributed by atoms with van der Waals surface area (Å²) in [6, 6.07) is 0. The van der Waals surface area contributed by atoms with Crippen LogP contribution in [0.5, 0.6) is 0 Å². The molecule has 1 aliphatic heterocycles. The summed E-state index contributed by atoms with van der Waals surface area (Å²) >= 11 is 0. The Balaban J connectivity index is 2.50. The van der Waals surface area contributed by atoms with Crippen LogP contribution in [0.1, 0.15) is 13.3 Å². The van der Waals surface area contributed by atoms with Crippen LogP contribution < -0.4 is 0 Å². The van der Waals surface area contributed by atoms with Crippen LogP contribution in [-0.4, -0.2) is 67.2 Å². The second-order valence-corrected chi connectivity index (χ2v) is 5.89. The van der Waals surface area contributed by atoms with Crippen LogP contribution in [0.4, 0.5) is 0 Å². The first kappa shape index (κ1) is 13.4. The van der Waals surface area contributed by atoms with Crippen LogP contribution in [0, 0.1) is 0 Å². The van der Waals surface area contributed by atoms with Gasteiger partial charge < -0.3 is 10.0 Å². The van der Waals surface area contributed by atoms with Crippen LogP contribution in [0.25, 0.3) is 0 Å². The molecule has 1 N–H and O–H groups in total. The minimum atomic E-state index is -3.26. The molecule has 0 aliphatic carbocycles. The van der Waals surface area contributed by atoms with Crippen molar-refractivity contribution in [3.05, 3.63) is 0 Å². The minimum Gasteiger partial charge on any atom is -0.396 e. The molecule has 0 spiro atoms. The van der Waals surface area contributed by atoms with E-state index in [1.165, 1.54) is 11.2 Å². The number of carbonyl (C=O) groups is 1. The summed E-state index contributed by atoms with van der Waals surface area (Å²) in [6.45, 7) is 2.98. The molecule has 1 saturated heterocycles. The lowest BCUT2D eigenvalue weighted by atomic mass is 10.3. The first-order valence-electron chi connectivity index (χ1n) is 5.31. The molecule has 0 aromatic heterocycles. The summed E-state index contributed by atoms with van der Waals surface area (Å²) in [5.74, 6) is -0.0452. The Bertz CT molecular complexity index is 333. The molecule has 1 rings (SSSR count). The maximum Gasteiger partial charge on any atom is 0.219 e. The van der Waals surface area contributed by atoms with E-state index in [1.807, 2.05) is 0 Å². The van der Waals surface area contributed by atoms with Gasteiger partial charge in [0.1, 0.15) is 0 Å². The number of aliphatic hydroxyl groups excluding tert-OH is 1. The lowest BCUT2D eigenvalue weighted by Crippen LogP contribution is -2.50. The fourth-order valence-electron chi connectivity index (χ4n) is 1.66. The molecule has 0 radical (unpaired) electrons. The summed E-state index contributed by atoms with van der Waals surface area (Å²) in [7, 11) is -3.26. The van der Waals surface area contributed by atoms with Crippen molar-refractivity contribution in [2.24, 2.45) is 0 Å². The highest BCUT2D eigenvalue weighted by atomic mass is 32.2. The van der Waals surface area contributed by atoms with Crippen LogP contribution in [-0.2, 0) is 14.8 Å². The number of amides is 1. The molecule has 94 valence electrons. The third-order valence-electron chi connectivity index (χ3n) is 2.64. The highest BCUT2D eigenvalue weighted by molar-refractivity contribution is 7.89. The van der Waals surface area contributed by atoms with Crippen LogP contribution in [0.2, 0.25) is 0 Å². The SMILES string of the molecule is CC(=O)N1CCN(S(=O)(=O)CCCO)CC1. The topological polar surface area (TPSA) is 77.9 Å². The summed E-state index contributed by atoms with van der Waals surface area (Å²) in [5, 5.41) is 8.61. The molecule has 6 nitrogen and oxygen atoms in total. The Hall–Kier alpha value is -0.660. The highest BCUT2D eigenvalue weighted by Gasteiger charge is 2.26. The molecule has 0 unspecified atom stereocenters. The van der Waals surface area contributed by atoms with Crippen molar-refractivity contribution in [1.82, 2.24) is 9.21 Å².